The molecule has 28 heavy (non-hydrogen) atoms. The molecule has 0 saturated carbocycles. The molecule has 0 unspecified atom stereocenters. The Balaban J connectivity index is 1.53. The second-order valence-electron chi connectivity index (χ2n) is 6.42. The molecule has 7 heteroatoms. The van der Waals surface area contributed by atoms with E-state index in [1.165, 1.54) is 0 Å². The Hall–Kier alpha value is -3.37. The smallest absolute Gasteiger partial charge is 0.254 e. The van der Waals surface area contributed by atoms with E-state index in [2.05, 4.69) is 16.7 Å². The van der Waals surface area contributed by atoms with Crippen LogP contribution in [0.5, 0.6) is 0 Å². The molecule has 0 aliphatic carbocycles. The summed E-state index contributed by atoms with van der Waals surface area (Å²) in [5.41, 5.74) is 2.86. The molecule has 2 amide bonds. The average Bonchev–Trinajstić information content (AvgIpc) is 2.74. The van der Waals surface area contributed by atoms with E-state index >= 15 is 0 Å². The fourth-order valence-electron chi connectivity index (χ4n) is 2.90. The fourth-order valence-corrected chi connectivity index (χ4v) is 2.90. The summed E-state index contributed by atoms with van der Waals surface area (Å²) in [4.78, 5) is 26.5. The monoisotopic (exact) mass is 378 g/mol. The molecule has 0 aromatic heterocycles. The quantitative estimate of drug-likeness (QED) is 0.804. The number of rotatable bonds is 6. The minimum Gasteiger partial charge on any atom is -0.378 e. The standard InChI is InChI=1S/C21H22N4O3/c22-9-8-16-4-6-18(7-5-16)24-20(26)15-23-19-3-1-2-17(14-19)21(27)25-10-12-28-13-11-25/h1-7,14,23H,8,10-13,15H2,(H,24,26). The molecular formula is C21H22N4O3. The number of carbonyl (C=O) groups is 2. The Morgan fingerprint density at radius 1 is 1.07 bits per heavy atom. The van der Waals surface area contributed by atoms with Crippen molar-refractivity contribution in [3.05, 3.63) is 59.7 Å². The second-order valence-corrected chi connectivity index (χ2v) is 6.42. The first-order chi connectivity index (χ1) is 13.7. The Morgan fingerprint density at radius 3 is 2.54 bits per heavy atom. The van der Waals surface area contributed by atoms with Crippen LogP contribution in [0.2, 0.25) is 0 Å². The number of hydrogen-bond donors (Lipinski definition) is 2. The maximum Gasteiger partial charge on any atom is 0.254 e. The highest BCUT2D eigenvalue weighted by atomic mass is 16.5. The van der Waals surface area contributed by atoms with Gasteiger partial charge in [-0.3, -0.25) is 9.59 Å². The molecule has 2 aromatic carbocycles. The van der Waals surface area contributed by atoms with Crippen LogP contribution in [0.3, 0.4) is 0 Å². The fraction of sp³-hybridized carbons (Fsp3) is 0.286. The van der Waals surface area contributed by atoms with E-state index < -0.39 is 0 Å². The molecule has 0 atom stereocenters. The van der Waals surface area contributed by atoms with Gasteiger partial charge in [-0.05, 0) is 35.9 Å². The molecule has 3 rings (SSSR count). The SMILES string of the molecule is N#CCc1ccc(NC(=O)CNc2cccc(C(=O)N3CCOCC3)c2)cc1. The van der Waals surface area contributed by atoms with E-state index in [0.29, 0.717) is 49.7 Å². The van der Waals surface area contributed by atoms with Crippen molar-refractivity contribution in [2.75, 3.05) is 43.5 Å². The summed E-state index contributed by atoms with van der Waals surface area (Å²) in [5.74, 6) is -0.230. The lowest BCUT2D eigenvalue weighted by molar-refractivity contribution is -0.114. The third-order valence-corrected chi connectivity index (χ3v) is 4.38. The zero-order valence-corrected chi connectivity index (χ0v) is 15.5. The number of nitrogens with zero attached hydrogens (tertiary/aromatic N) is 2. The largest absolute Gasteiger partial charge is 0.378 e. The first-order valence-electron chi connectivity index (χ1n) is 9.12. The van der Waals surface area contributed by atoms with Crippen molar-refractivity contribution in [3.63, 3.8) is 0 Å². The number of morpholine rings is 1. The van der Waals surface area contributed by atoms with Gasteiger partial charge in [-0.15, -0.1) is 0 Å². The Morgan fingerprint density at radius 2 is 1.82 bits per heavy atom. The zero-order chi connectivity index (χ0) is 19.8. The van der Waals surface area contributed by atoms with Crippen LogP contribution < -0.4 is 10.6 Å². The Bertz CT molecular complexity index is 868. The van der Waals surface area contributed by atoms with Gasteiger partial charge >= 0.3 is 0 Å². The van der Waals surface area contributed by atoms with Gasteiger partial charge in [0.1, 0.15) is 0 Å². The van der Waals surface area contributed by atoms with E-state index in [9.17, 15) is 9.59 Å². The van der Waals surface area contributed by atoms with Gasteiger partial charge < -0.3 is 20.3 Å². The zero-order valence-electron chi connectivity index (χ0n) is 15.5. The highest BCUT2D eigenvalue weighted by Crippen LogP contribution is 2.14. The van der Waals surface area contributed by atoms with Crippen LogP contribution in [0.25, 0.3) is 0 Å². The van der Waals surface area contributed by atoms with Crippen molar-refractivity contribution in [3.8, 4) is 6.07 Å². The van der Waals surface area contributed by atoms with Crippen LogP contribution >= 0.6 is 0 Å². The molecule has 1 heterocycles. The molecule has 7 nitrogen and oxygen atoms in total. The van der Waals surface area contributed by atoms with Crippen molar-refractivity contribution in [1.82, 2.24) is 4.90 Å². The Kier molecular flexibility index (Phi) is 6.60. The molecule has 1 saturated heterocycles. The van der Waals surface area contributed by atoms with Crippen LogP contribution in [0.1, 0.15) is 15.9 Å². The average molecular weight is 378 g/mol. The van der Waals surface area contributed by atoms with E-state index in [1.807, 2.05) is 18.2 Å². The highest BCUT2D eigenvalue weighted by molar-refractivity contribution is 5.96. The number of benzene rings is 2. The van der Waals surface area contributed by atoms with E-state index in [1.54, 1.807) is 35.2 Å². The molecule has 0 radical (unpaired) electrons. The minimum atomic E-state index is -0.196. The van der Waals surface area contributed by atoms with Gasteiger partial charge in [-0.1, -0.05) is 18.2 Å². The Labute approximate surface area is 163 Å². The van der Waals surface area contributed by atoms with E-state index in [4.69, 9.17) is 10.00 Å². The summed E-state index contributed by atoms with van der Waals surface area (Å²) in [5, 5.41) is 14.5. The molecule has 2 N–H and O–H groups in total. The number of nitriles is 1. The number of hydrogen-bond acceptors (Lipinski definition) is 5. The van der Waals surface area contributed by atoms with Crippen molar-refractivity contribution in [1.29, 1.82) is 5.26 Å². The van der Waals surface area contributed by atoms with Crippen molar-refractivity contribution < 1.29 is 14.3 Å². The summed E-state index contributed by atoms with van der Waals surface area (Å²) in [6.45, 7) is 2.37. The lowest BCUT2D eigenvalue weighted by Gasteiger charge is -2.27. The van der Waals surface area contributed by atoms with E-state index in [-0.39, 0.29) is 18.4 Å². The molecule has 144 valence electrons. The van der Waals surface area contributed by atoms with Gasteiger partial charge in [0.25, 0.3) is 5.91 Å². The summed E-state index contributed by atoms with van der Waals surface area (Å²) in [6.07, 6.45) is 0.343. The van der Waals surface area contributed by atoms with Crippen LogP contribution in [-0.2, 0) is 16.0 Å². The third-order valence-electron chi connectivity index (χ3n) is 4.38. The van der Waals surface area contributed by atoms with E-state index in [0.717, 1.165) is 5.56 Å². The maximum absolute atomic E-state index is 12.5. The second kappa shape index (κ2) is 9.53. The lowest BCUT2D eigenvalue weighted by atomic mass is 10.1. The number of amides is 2. The number of ether oxygens (including phenoxy) is 1. The van der Waals surface area contributed by atoms with Crippen LogP contribution in [0, 0.1) is 11.3 Å². The van der Waals surface area contributed by atoms with Crippen molar-refractivity contribution >= 4 is 23.2 Å². The summed E-state index contributed by atoms with van der Waals surface area (Å²) >= 11 is 0. The molecule has 2 aromatic rings. The predicted molar refractivity (Wildman–Crippen MR) is 106 cm³/mol. The number of carbonyl (C=O) groups excluding carboxylic acids is 2. The molecule has 1 aliphatic rings. The molecule has 0 bridgehead atoms. The lowest BCUT2D eigenvalue weighted by Crippen LogP contribution is -2.40. The van der Waals surface area contributed by atoms with Gasteiger partial charge in [-0.2, -0.15) is 5.26 Å². The summed E-state index contributed by atoms with van der Waals surface area (Å²) in [6, 6.07) is 16.4. The highest BCUT2D eigenvalue weighted by Gasteiger charge is 2.18. The first kappa shape index (κ1) is 19.4. The van der Waals surface area contributed by atoms with Crippen LogP contribution in [0.4, 0.5) is 11.4 Å². The summed E-state index contributed by atoms with van der Waals surface area (Å²) in [7, 11) is 0. The van der Waals surface area contributed by atoms with Gasteiger partial charge in [-0.25, -0.2) is 0 Å². The predicted octanol–water partition coefficient (Wildman–Crippen LogP) is 2.28. The minimum absolute atomic E-state index is 0.0335. The van der Waals surface area contributed by atoms with Gasteiger partial charge in [0.2, 0.25) is 5.91 Å². The normalized spacial score (nSPS) is 13.5. The van der Waals surface area contributed by atoms with Gasteiger partial charge in [0.15, 0.2) is 0 Å². The molecule has 1 aliphatic heterocycles. The maximum atomic E-state index is 12.5. The summed E-state index contributed by atoms with van der Waals surface area (Å²) < 4.78 is 5.28. The van der Waals surface area contributed by atoms with Gasteiger partial charge in [0, 0.05) is 30.0 Å². The van der Waals surface area contributed by atoms with Crippen molar-refractivity contribution in [2.45, 2.75) is 6.42 Å². The number of nitrogens with one attached hydrogen (secondary N) is 2. The molecular weight excluding hydrogens is 356 g/mol. The third kappa shape index (κ3) is 5.32. The molecule has 0 spiro atoms. The molecule has 1 fully saturated rings. The van der Waals surface area contributed by atoms with Crippen molar-refractivity contribution in [2.24, 2.45) is 0 Å². The number of anilines is 2. The topological polar surface area (TPSA) is 94.5 Å². The van der Waals surface area contributed by atoms with Crippen LogP contribution in [-0.4, -0.2) is 49.6 Å². The van der Waals surface area contributed by atoms with Gasteiger partial charge in [0.05, 0.1) is 32.2 Å². The van der Waals surface area contributed by atoms with Crippen LogP contribution in [0.15, 0.2) is 48.5 Å². The first-order valence-corrected chi connectivity index (χ1v) is 9.12.